The average molecular weight is 295 g/mol. The number of halogens is 1. The van der Waals surface area contributed by atoms with Crippen LogP contribution in [0.15, 0.2) is 29.6 Å². The lowest BCUT2D eigenvalue weighted by atomic mass is 9.90. The second-order valence-corrected chi connectivity index (χ2v) is 5.65. The van der Waals surface area contributed by atoms with Crippen molar-refractivity contribution in [1.29, 1.82) is 0 Å². The number of fused-ring (bicyclic) bond motifs is 1. The molecule has 0 bridgehead atoms. The van der Waals surface area contributed by atoms with Crippen LogP contribution in [0, 0.1) is 0 Å². The predicted octanol–water partition coefficient (Wildman–Crippen LogP) is 2.98. The third-order valence-electron chi connectivity index (χ3n) is 3.23. The summed E-state index contributed by atoms with van der Waals surface area (Å²) in [6.07, 6.45) is 0. The Bertz CT molecular complexity index is 629. The van der Waals surface area contributed by atoms with Crippen molar-refractivity contribution in [2.45, 2.75) is 12.5 Å². The number of hydrogen-bond donors (Lipinski definition) is 1. The molecular formula is C13H11ClN2O2S. The maximum atomic E-state index is 11.4. The van der Waals surface area contributed by atoms with Crippen LogP contribution in [0.4, 0.5) is 5.13 Å². The Morgan fingerprint density at radius 3 is 2.95 bits per heavy atom. The van der Waals surface area contributed by atoms with Crippen LogP contribution in [0.5, 0.6) is 0 Å². The van der Waals surface area contributed by atoms with E-state index in [1.165, 1.54) is 11.3 Å². The zero-order valence-corrected chi connectivity index (χ0v) is 11.5. The fourth-order valence-corrected chi connectivity index (χ4v) is 3.31. The number of carboxylic acids is 1. The SMILES string of the molecule is O=C(O)C1CN(c2nc(Cl)cs2)Cc2ccccc21. The Balaban J connectivity index is 1.99. The van der Waals surface area contributed by atoms with Crippen molar-refractivity contribution in [3.05, 3.63) is 45.9 Å². The summed E-state index contributed by atoms with van der Waals surface area (Å²) in [6.45, 7) is 1.10. The highest BCUT2D eigenvalue weighted by Crippen LogP contribution is 2.33. The first-order valence-electron chi connectivity index (χ1n) is 5.81. The normalized spacial score (nSPS) is 18.2. The molecule has 98 valence electrons. The number of rotatable bonds is 2. The van der Waals surface area contributed by atoms with E-state index in [-0.39, 0.29) is 0 Å². The lowest BCUT2D eigenvalue weighted by Gasteiger charge is -2.32. The fourth-order valence-electron chi connectivity index (χ4n) is 2.35. The van der Waals surface area contributed by atoms with Crippen LogP contribution in [0.25, 0.3) is 0 Å². The van der Waals surface area contributed by atoms with Crippen LogP contribution in [0.1, 0.15) is 17.0 Å². The van der Waals surface area contributed by atoms with Gasteiger partial charge in [-0.3, -0.25) is 4.79 Å². The molecule has 4 nitrogen and oxygen atoms in total. The highest BCUT2D eigenvalue weighted by molar-refractivity contribution is 7.14. The minimum Gasteiger partial charge on any atom is -0.481 e. The minimum absolute atomic E-state index is 0.427. The molecular weight excluding hydrogens is 284 g/mol. The quantitative estimate of drug-likeness (QED) is 0.925. The number of anilines is 1. The lowest BCUT2D eigenvalue weighted by Crippen LogP contribution is -2.36. The van der Waals surface area contributed by atoms with Gasteiger partial charge in [-0.2, -0.15) is 0 Å². The molecule has 1 atom stereocenters. The molecule has 0 amide bonds. The maximum absolute atomic E-state index is 11.4. The smallest absolute Gasteiger partial charge is 0.312 e. The molecule has 1 N–H and O–H groups in total. The van der Waals surface area contributed by atoms with Gasteiger partial charge in [0.05, 0.1) is 5.92 Å². The van der Waals surface area contributed by atoms with E-state index < -0.39 is 11.9 Å². The number of aliphatic carboxylic acids is 1. The molecule has 1 aromatic heterocycles. The fraction of sp³-hybridized carbons (Fsp3) is 0.231. The number of aromatic nitrogens is 1. The highest BCUT2D eigenvalue weighted by Gasteiger charge is 2.31. The van der Waals surface area contributed by atoms with E-state index in [1.54, 1.807) is 5.38 Å². The summed E-state index contributed by atoms with van der Waals surface area (Å²) in [4.78, 5) is 17.6. The first kappa shape index (κ1) is 12.4. The van der Waals surface area contributed by atoms with Crippen molar-refractivity contribution in [3.63, 3.8) is 0 Å². The van der Waals surface area contributed by atoms with Crippen LogP contribution >= 0.6 is 22.9 Å². The van der Waals surface area contributed by atoms with Gasteiger partial charge in [-0.25, -0.2) is 4.98 Å². The second-order valence-electron chi connectivity index (χ2n) is 4.42. The van der Waals surface area contributed by atoms with Gasteiger partial charge in [0.2, 0.25) is 0 Å². The third-order valence-corrected chi connectivity index (χ3v) is 4.45. The standard InChI is InChI=1S/C13H11ClN2O2S/c14-11-7-19-13(15-11)16-5-8-3-1-2-4-9(8)10(6-16)12(17)18/h1-4,7,10H,5-6H2,(H,17,18). The molecule has 1 aliphatic heterocycles. The summed E-state index contributed by atoms with van der Waals surface area (Å²) in [5, 5.41) is 12.4. The van der Waals surface area contributed by atoms with Gasteiger partial charge >= 0.3 is 5.97 Å². The average Bonchev–Trinajstić information content (AvgIpc) is 2.84. The molecule has 19 heavy (non-hydrogen) atoms. The summed E-state index contributed by atoms with van der Waals surface area (Å²) in [7, 11) is 0. The van der Waals surface area contributed by atoms with Crippen molar-refractivity contribution in [2.75, 3.05) is 11.4 Å². The second kappa shape index (κ2) is 4.83. The van der Waals surface area contributed by atoms with E-state index >= 15 is 0 Å². The molecule has 1 aromatic carbocycles. The zero-order chi connectivity index (χ0) is 13.4. The van der Waals surface area contributed by atoms with Crippen LogP contribution < -0.4 is 4.90 Å². The first-order chi connectivity index (χ1) is 9.15. The van der Waals surface area contributed by atoms with Crippen molar-refractivity contribution < 1.29 is 9.90 Å². The van der Waals surface area contributed by atoms with Crippen molar-refractivity contribution in [2.24, 2.45) is 0 Å². The number of nitrogens with zero attached hydrogens (tertiary/aromatic N) is 2. The molecule has 6 heteroatoms. The summed E-state index contributed by atoms with van der Waals surface area (Å²) in [6, 6.07) is 7.66. The number of benzene rings is 1. The molecule has 0 fully saturated rings. The Hall–Kier alpha value is -1.59. The van der Waals surface area contributed by atoms with Gasteiger partial charge in [0.25, 0.3) is 0 Å². The summed E-state index contributed by atoms with van der Waals surface area (Å²) in [5.41, 5.74) is 1.93. The first-order valence-corrected chi connectivity index (χ1v) is 7.07. The summed E-state index contributed by atoms with van der Waals surface area (Å²) >= 11 is 7.27. The minimum atomic E-state index is -0.806. The van der Waals surface area contributed by atoms with E-state index in [4.69, 9.17) is 11.6 Å². The molecule has 0 saturated carbocycles. The van der Waals surface area contributed by atoms with Crippen LogP contribution in [0.2, 0.25) is 5.15 Å². The molecule has 3 rings (SSSR count). The van der Waals surface area contributed by atoms with Crippen molar-refractivity contribution >= 4 is 34.0 Å². The third kappa shape index (κ3) is 2.31. The molecule has 2 heterocycles. The van der Waals surface area contributed by atoms with E-state index in [1.807, 2.05) is 29.2 Å². The zero-order valence-electron chi connectivity index (χ0n) is 9.91. The molecule has 2 aromatic rings. The predicted molar refractivity (Wildman–Crippen MR) is 75.0 cm³/mol. The van der Waals surface area contributed by atoms with Crippen molar-refractivity contribution in [1.82, 2.24) is 4.98 Å². The number of thiazole rings is 1. The van der Waals surface area contributed by atoms with Crippen LogP contribution in [-0.2, 0) is 11.3 Å². The van der Waals surface area contributed by atoms with E-state index in [0.29, 0.717) is 18.2 Å². The number of carbonyl (C=O) groups is 1. The van der Waals surface area contributed by atoms with E-state index in [0.717, 1.165) is 16.3 Å². The Kier molecular flexibility index (Phi) is 3.16. The van der Waals surface area contributed by atoms with Gasteiger partial charge in [0.15, 0.2) is 5.13 Å². The largest absolute Gasteiger partial charge is 0.481 e. The van der Waals surface area contributed by atoms with Crippen molar-refractivity contribution in [3.8, 4) is 0 Å². The van der Waals surface area contributed by atoms with Crippen LogP contribution in [-0.4, -0.2) is 22.6 Å². The molecule has 0 radical (unpaired) electrons. The molecule has 1 unspecified atom stereocenters. The van der Waals surface area contributed by atoms with Gasteiger partial charge < -0.3 is 10.0 Å². The Morgan fingerprint density at radius 1 is 1.47 bits per heavy atom. The molecule has 0 aliphatic carbocycles. The summed E-state index contributed by atoms with van der Waals surface area (Å²) < 4.78 is 0. The Labute approximate surface area is 119 Å². The van der Waals surface area contributed by atoms with Gasteiger partial charge in [-0.05, 0) is 11.1 Å². The summed E-state index contributed by atoms with van der Waals surface area (Å²) in [5.74, 6) is -1.33. The Morgan fingerprint density at radius 2 is 2.26 bits per heavy atom. The van der Waals surface area contributed by atoms with Gasteiger partial charge in [-0.1, -0.05) is 35.9 Å². The molecule has 0 saturated heterocycles. The topological polar surface area (TPSA) is 53.4 Å². The lowest BCUT2D eigenvalue weighted by molar-refractivity contribution is -0.138. The van der Waals surface area contributed by atoms with Gasteiger partial charge in [-0.15, -0.1) is 11.3 Å². The van der Waals surface area contributed by atoms with E-state index in [9.17, 15) is 9.90 Å². The molecule has 0 spiro atoms. The van der Waals surface area contributed by atoms with Crippen LogP contribution in [0.3, 0.4) is 0 Å². The van der Waals surface area contributed by atoms with E-state index in [2.05, 4.69) is 4.98 Å². The molecule has 1 aliphatic rings. The monoisotopic (exact) mass is 294 g/mol. The number of hydrogen-bond acceptors (Lipinski definition) is 4. The van der Waals surface area contributed by atoms with Gasteiger partial charge in [0, 0.05) is 18.5 Å². The number of carboxylic acid groups (broad SMARTS) is 1. The van der Waals surface area contributed by atoms with Gasteiger partial charge in [0.1, 0.15) is 5.15 Å². The maximum Gasteiger partial charge on any atom is 0.312 e. The highest BCUT2D eigenvalue weighted by atomic mass is 35.5.